The number of nitrogens with zero attached hydrogens (tertiary/aromatic N) is 7. The number of fused-ring (bicyclic) bond motifs is 2. The van der Waals surface area contributed by atoms with E-state index in [1.807, 2.05) is 49.8 Å². The Morgan fingerprint density at radius 2 is 1.74 bits per heavy atom. The largest absolute Gasteiger partial charge is 0.376 e. The Labute approximate surface area is 197 Å². The van der Waals surface area contributed by atoms with Crippen molar-refractivity contribution in [2.45, 2.75) is 0 Å². The molecule has 0 saturated carbocycles. The summed E-state index contributed by atoms with van der Waals surface area (Å²) in [6.45, 7) is 4.03. The maximum absolute atomic E-state index is 4.72. The van der Waals surface area contributed by atoms with E-state index in [0.717, 1.165) is 82.1 Å². The summed E-state index contributed by atoms with van der Waals surface area (Å²) >= 11 is 0. The van der Waals surface area contributed by atoms with Crippen LogP contribution >= 0.6 is 0 Å². The van der Waals surface area contributed by atoms with Gasteiger partial charge in [0.1, 0.15) is 11.5 Å². The van der Waals surface area contributed by atoms with Gasteiger partial charge in [0.2, 0.25) is 0 Å². The highest BCUT2D eigenvalue weighted by atomic mass is 15.3. The molecule has 0 atom stereocenters. The van der Waals surface area contributed by atoms with E-state index in [4.69, 9.17) is 4.98 Å². The van der Waals surface area contributed by atoms with Gasteiger partial charge in [-0.15, -0.1) is 0 Å². The van der Waals surface area contributed by atoms with Crippen molar-refractivity contribution in [2.24, 2.45) is 0 Å². The zero-order chi connectivity index (χ0) is 23.2. The highest BCUT2D eigenvalue weighted by Gasteiger charge is 2.20. The molecule has 34 heavy (non-hydrogen) atoms. The minimum atomic E-state index is 0.756. The number of anilines is 2. The van der Waals surface area contributed by atoms with Gasteiger partial charge >= 0.3 is 0 Å². The normalized spacial score (nSPS) is 14.9. The number of nitrogens with one attached hydrogen (secondary N) is 2. The average molecular weight is 454 g/mol. The molecule has 0 radical (unpaired) electrons. The third kappa shape index (κ3) is 3.54. The molecule has 1 fully saturated rings. The molecule has 0 unspecified atom stereocenters. The lowest BCUT2D eigenvalue weighted by atomic mass is 10.1. The van der Waals surface area contributed by atoms with Gasteiger partial charge in [-0.3, -0.25) is 10.1 Å². The third-order valence-corrected chi connectivity index (χ3v) is 6.58. The number of likely N-dealkylation sites (N-methyl/N-ethyl adjacent to an activating group) is 1. The van der Waals surface area contributed by atoms with Crippen LogP contribution in [0.2, 0.25) is 0 Å². The zero-order valence-corrected chi connectivity index (χ0v) is 19.6. The molecule has 6 heterocycles. The lowest BCUT2D eigenvalue weighted by Crippen LogP contribution is -2.44. The van der Waals surface area contributed by atoms with Crippen LogP contribution in [0.25, 0.3) is 44.5 Å². The highest BCUT2D eigenvalue weighted by molar-refractivity contribution is 5.99. The van der Waals surface area contributed by atoms with Crippen molar-refractivity contribution in [3.63, 3.8) is 0 Å². The molecule has 9 nitrogen and oxygen atoms in total. The third-order valence-electron chi connectivity index (χ3n) is 6.58. The van der Waals surface area contributed by atoms with Crippen LogP contribution in [0, 0.1) is 0 Å². The Morgan fingerprint density at radius 1 is 0.912 bits per heavy atom. The predicted octanol–water partition coefficient (Wildman–Crippen LogP) is 3.38. The van der Waals surface area contributed by atoms with Crippen molar-refractivity contribution in [2.75, 3.05) is 57.1 Å². The van der Waals surface area contributed by atoms with Gasteiger partial charge in [0, 0.05) is 80.8 Å². The molecular weight excluding hydrogens is 426 g/mol. The number of rotatable bonds is 4. The van der Waals surface area contributed by atoms with Gasteiger partial charge in [0.05, 0.1) is 23.1 Å². The zero-order valence-electron chi connectivity index (χ0n) is 19.6. The molecule has 0 aromatic carbocycles. The fourth-order valence-corrected chi connectivity index (χ4v) is 4.53. The van der Waals surface area contributed by atoms with Gasteiger partial charge in [-0.2, -0.15) is 5.10 Å². The molecule has 2 N–H and O–H groups in total. The number of H-pyrrole nitrogens is 2. The van der Waals surface area contributed by atoms with Gasteiger partial charge in [-0.05, 0) is 31.3 Å². The van der Waals surface area contributed by atoms with Crippen LogP contribution in [0.3, 0.4) is 0 Å². The molecule has 5 aromatic heterocycles. The van der Waals surface area contributed by atoms with Crippen LogP contribution in [0.15, 0.2) is 49.1 Å². The molecule has 0 amide bonds. The second-order valence-electron chi connectivity index (χ2n) is 9.09. The van der Waals surface area contributed by atoms with Gasteiger partial charge in [-0.25, -0.2) is 9.97 Å². The van der Waals surface area contributed by atoms with Crippen molar-refractivity contribution in [3.05, 3.63) is 49.1 Å². The molecule has 6 rings (SSSR count). The monoisotopic (exact) mass is 453 g/mol. The molecule has 5 aromatic rings. The quantitative estimate of drug-likeness (QED) is 0.431. The summed E-state index contributed by atoms with van der Waals surface area (Å²) in [6, 6.07) is 8.43. The van der Waals surface area contributed by atoms with Crippen molar-refractivity contribution >= 4 is 33.4 Å². The van der Waals surface area contributed by atoms with Crippen molar-refractivity contribution in [3.8, 4) is 22.5 Å². The first kappa shape index (κ1) is 20.6. The van der Waals surface area contributed by atoms with Crippen LogP contribution < -0.4 is 9.80 Å². The highest BCUT2D eigenvalue weighted by Crippen LogP contribution is 2.33. The van der Waals surface area contributed by atoms with E-state index in [9.17, 15) is 0 Å². The van der Waals surface area contributed by atoms with Crippen LogP contribution in [-0.2, 0) is 0 Å². The lowest BCUT2D eigenvalue weighted by molar-refractivity contribution is 0.312. The van der Waals surface area contributed by atoms with Gasteiger partial charge < -0.3 is 19.7 Å². The molecular formula is C25H27N9. The summed E-state index contributed by atoms with van der Waals surface area (Å²) in [5.74, 6) is 1.03. The first-order valence-electron chi connectivity index (χ1n) is 11.5. The average Bonchev–Trinajstić information content (AvgIpc) is 3.48. The summed E-state index contributed by atoms with van der Waals surface area (Å²) in [5.41, 5.74) is 6.68. The van der Waals surface area contributed by atoms with Gasteiger partial charge in [0.15, 0.2) is 5.65 Å². The number of aromatic nitrogens is 6. The summed E-state index contributed by atoms with van der Waals surface area (Å²) in [5, 5.41) is 9.78. The summed E-state index contributed by atoms with van der Waals surface area (Å²) in [7, 11) is 6.19. The van der Waals surface area contributed by atoms with E-state index in [2.05, 4.69) is 60.2 Å². The Balaban J connectivity index is 1.42. The summed E-state index contributed by atoms with van der Waals surface area (Å²) in [4.78, 5) is 24.1. The number of pyridine rings is 3. The maximum Gasteiger partial charge on any atom is 0.155 e. The number of hydrogen-bond acceptors (Lipinski definition) is 7. The van der Waals surface area contributed by atoms with Crippen LogP contribution in [-0.4, -0.2) is 82.4 Å². The topological polar surface area (TPSA) is 92.9 Å². The SMILES string of the molecule is CN1CCN(c2nccc3[nH]c(-c4n[nH]c5ncc(-c6cncc(N(C)C)c6)cc45)cc23)CC1. The van der Waals surface area contributed by atoms with Crippen molar-refractivity contribution in [1.29, 1.82) is 0 Å². The Hall–Kier alpha value is -3.98. The number of hydrogen-bond donors (Lipinski definition) is 2. The lowest BCUT2D eigenvalue weighted by Gasteiger charge is -2.33. The summed E-state index contributed by atoms with van der Waals surface area (Å²) in [6.07, 6.45) is 7.46. The van der Waals surface area contributed by atoms with E-state index in [0.29, 0.717) is 0 Å². The van der Waals surface area contributed by atoms with E-state index in [1.165, 1.54) is 0 Å². The molecule has 0 bridgehead atoms. The molecule has 0 aliphatic carbocycles. The van der Waals surface area contributed by atoms with E-state index in [-0.39, 0.29) is 0 Å². The van der Waals surface area contributed by atoms with Crippen LogP contribution in [0.5, 0.6) is 0 Å². The predicted molar refractivity (Wildman–Crippen MR) is 136 cm³/mol. The molecule has 1 aliphatic rings. The maximum atomic E-state index is 4.72. The minimum absolute atomic E-state index is 0.756. The van der Waals surface area contributed by atoms with E-state index >= 15 is 0 Å². The second-order valence-corrected chi connectivity index (χ2v) is 9.09. The minimum Gasteiger partial charge on any atom is -0.376 e. The van der Waals surface area contributed by atoms with Gasteiger partial charge in [-0.1, -0.05) is 0 Å². The fraction of sp³-hybridized carbons (Fsp3) is 0.280. The smallest absolute Gasteiger partial charge is 0.155 e. The van der Waals surface area contributed by atoms with Gasteiger partial charge in [0.25, 0.3) is 0 Å². The van der Waals surface area contributed by atoms with E-state index < -0.39 is 0 Å². The number of piperazine rings is 1. The number of aromatic amines is 2. The molecule has 0 spiro atoms. The molecule has 9 heteroatoms. The molecule has 1 aliphatic heterocycles. The molecule has 1 saturated heterocycles. The summed E-state index contributed by atoms with van der Waals surface area (Å²) < 4.78 is 0. The Bertz CT molecular complexity index is 1470. The molecule has 172 valence electrons. The van der Waals surface area contributed by atoms with E-state index in [1.54, 1.807) is 0 Å². The van der Waals surface area contributed by atoms with Crippen molar-refractivity contribution in [1.82, 2.24) is 35.0 Å². The van der Waals surface area contributed by atoms with Crippen LogP contribution in [0.4, 0.5) is 11.5 Å². The first-order chi connectivity index (χ1) is 16.6. The Kier molecular flexibility index (Phi) is 4.91. The first-order valence-corrected chi connectivity index (χ1v) is 11.5. The standard InChI is InChI=1S/C25H27N9/c1-32(2)18-10-16(13-26-15-18)17-11-20-23(30-31-24(20)28-14-17)22-12-19-21(29-22)4-5-27-25(19)34-8-6-33(3)7-9-34/h4-5,10-15,29H,6-9H2,1-3H3,(H,28,30,31). The van der Waals surface area contributed by atoms with Crippen LogP contribution in [0.1, 0.15) is 0 Å². The van der Waals surface area contributed by atoms with Crippen molar-refractivity contribution < 1.29 is 0 Å². The Morgan fingerprint density at radius 3 is 2.56 bits per heavy atom. The fourth-order valence-electron chi connectivity index (χ4n) is 4.53. The second kappa shape index (κ2) is 8.11.